The highest BCUT2D eigenvalue weighted by Crippen LogP contribution is 2.18. The molecule has 0 unspecified atom stereocenters. The third kappa shape index (κ3) is 15.2. The normalized spacial score (nSPS) is 11.8. The number of hydrogen-bond donors (Lipinski definition) is 9. The summed E-state index contributed by atoms with van der Waals surface area (Å²) in [5, 5.41) is 18.3. The Morgan fingerprint density at radius 3 is 2.19 bits per heavy atom. The first-order valence-corrected chi connectivity index (χ1v) is 19.5. The van der Waals surface area contributed by atoms with Crippen molar-refractivity contribution in [3.63, 3.8) is 0 Å². The van der Waals surface area contributed by atoms with Gasteiger partial charge in [-0.25, -0.2) is 4.79 Å². The monoisotopic (exact) mass is 742 g/mol. The first kappa shape index (κ1) is 42.2. The summed E-state index contributed by atoms with van der Waals surface area (Å²) in [4.78, 5) is 61.0. The highest BCUT2D eigenvalue weighted by Gasteiger charge is 2.15. The maximum atomic E-state index is 12.7. The average Bonchev–Trinajstić information content (AvgIpc) is 3.45. The van der Waals surface area contributed by atoms with Gasteiger partial charge in [-0.1, -0.05) is 32.4 Å². The van der Waals surface area contributed by atoms with Crippen LogP contribution in [0.3, 0.4) is 0 Å². The van der Waals surface area contributed by atoms with Crippen LogP contribution in [-0.2, 0) is 16.1 Å². The summed E-state index contributed by atoms with van der Waals surface area (Å²) in [6, 6.07) is 6.38. The van der Waals surface area contributed by atoms with Gasteiger partial charge < -0.3 is 48.4 Å². The van der Waals surface area contributed by atoms with Crippen molar-refractivity contribution in [3.05, 3.63) is 45.9 Å². The standard InChI is InChI=1S/C35H58N12O4S/c1-3-5-18-42-34-45-30(37)29-31(46-34)47(35(51)44-29)23-25-10-12-26(13-11-25)32(49)43-22-28(48)40-19-8-16-38-14-6-7-15-39-17-9-20-41-33(50)27(36)24-52-21-4-2/h10-13,27,38-39H,3-9,14-24,36H2,1-2H3,(H,40,48)(H,41,50)(H,43,49)(H,44,51)(H3,37,42,45,46)/t27-/m0/s1. The number of nitrogen functional groups attached to an aromatic ring is 1. The number of aromatic amines is 1. The number of hydrogen-bond acceptors (Lipinski definition) is 12. The van der Waals surface area contributed by atoms with Gasteiger partial charge in [-0.3, -0.25) is 19.0 Å². The molecule has 0 fully saturated rings. The number of rotatable bonds is 27. The summed E-state index contributed by atoms with van der Waals surface area (Å²) in [6.45, 7) is 9.58. The van der Waals surface area contributed by atoms with Crippen molar-refractivity contribution in [2.75, 3.05) is 74.9 Å². The maximum Gasteiger partial charge on any atom is 0.328 e. The van der Waals surface area contributed by atoms with E-state index in [1.165, 1.54) is 4.57 Å². The van der Waals surface area contributed by atoms with Crippen LogP contribution in [0.1, 0.15) is 74.7 Å². The fraction of sp³-hybridized carbons (Fsp3) is 0.600. The zero-order valence-corrected chi connectivity index (χ0v) is 31.5. The number of aromatic nitrogens is 4. The number of unbranched alkanes of at least 4 members (excludes halogenated alkanes) is 2. The Morgan fingerprint density at radius 1 is 0.846 bits per heavy atom. The van der Waals surface area contributed by atoms with Crippen molar-refractivity contribution in [2.24, 2.45) is 5.73 Å². The van der Waals surface area contributed by atoms with E-state index in [1.807, 2.05) is 0 Å². The molecule has 1 atom stereocenters. The van der Waals surface area contributed by atoms with Gasteiger partial charge in [0.15, 0.2) is 11.5 Å². The molecule has 17 heteroatoms. The molecule has 0 aliphatic rings. The number of H-pyrrole nitrogens is 1. The number of nitrogens with two attached hydrogens (primary N) is 2. The minimum atomic E-state index is -0.441. The number of fused-ring (bicyclic) bond motifs is 1. The van der Waals surface area contributed by atoms with E-state index in [0.29, 0.717) is 48.1 Å². The average molecular weight is 743 g/mol. The second-order valence-corrected chi connectivity index (χ2v) is 13.7. The van der Waals surface area contributed by atoms with Crippen LogP contribution in [0.2, 0.25) is 0 Å². The third-order valence-corrected chi connectivity index (χ3v) is 9.34. The van der Waals surface area contributed by atoms with Gasteiger partial charge in [0.2, 0.25) is 17.8 Å². The van der Waals surface area contributed by atoms with Crippen molar-refractivity contribution < 1.29 is 14.4 Å². The van der Waals surface area contributed by atoms with Gasteiger partial charge in [0.25, 0.3) is 5.91 Å². The van der Waals surface area contributed by atoms with Crippen LogP contribution in [0.5, 0.6) is 0 Å². The molecule has 0 radical (unpaired) electrons. The van der Waals surface area contributed by atoms with Gasteiger partial charge >= 0.3 is 5.69 Å². The molecule has 52 heavy (non-hydrogen) atoms. The van der Waals surface area contributed by atoms with Gasteiger partial charge in [0.05, 0.1) is 19.1 Å². The minimum absolute atomic E-state index is 0.0761. The SMILES string of the molecule is CCCCNc1nc(N)c2[nH]c(=O)n(Cc3ccc(C(=O)NCC(=O)NCCCNCCCCNCCCNC(=O)[C@@H](N)CSCCC)cc3)c2n1. The van der Waals surface area contributed by atoms with Crippen molar-refractivity contribution in [2.45, 2.75) is 71.4 Å². The molecule has 288 valence electrons. The summed E-state index contributed by atoms with van der Waals surface area (Å²) < 4.78 is 1.48. The molecule has 3 rings (SSSR count). The zero-order chi connectivity index (χ0) is 37.6. The van der Waals surface area contributed by atoms with Crippen molar-refractivity contribution in [1.82, 2.24) is 46.1 Å². The van der Waals surface area contributed by atoms with Gasteiger partial charge in [-0.05, 0) is 88.2 Å². The quantitative estimate of drug-likeness (QED) is 0.0500. The predicted octanol–water partition coefficient (Wildman–Crippen LogP) is 1.13. The second kappa shape index (κ2) is 24.1. The molecule has 11 N–H and O–H groups in total. The molecule has 0 saturated carbocycles. The lowest BCUT2D eigenvalue weighted by molar-refractivity contribution is -0.122. The Balaban J connectivity index is 1.22. The Hall–Kier alpha value is -4.19. The summed E-state index contributed by atoms with van der Waals surface area (Å²) in [5.41, 5.74) is 13.6. The predicted molar refractivity (Wildman–Crippen MR) is 210 cm³/mol. The number of imidazole rings is 1. The number of carbonyl (C=O) groups is 3. The van der Waals surface area contributed by atoms with Crippen LogP contribution >= 0.6 is 11.8 Å². The Morgan fingerprint density at radius 2 is 1.52 bits per heavy atom. The third-order valence-electron chi connectivity index (χ3n) is 8.05. The van der Waals surface area contributed by atoms with E-state index < -0.39 is 6.04 Å². The number of amides is 3. The van der Waals surface area contributed by atoms with Crippen LogP contribution in [0.4, 0.5) is 11.8 Å². The van der Waals surface area contributed by atoms with Crippen LogP contribution in [0, 0.1) is 0 Å². The Kier molecular flexibility index (Phi) is 19.6. The van der Waals surface area contributed by atoms with Crippen LogP contribution in [0.15, 0.2) is 29.1 Å². The lowest BCUT2D eigenvalue weighted by Gasteiger charge is -2.12. The number of carbonyl (C=O) groups excluding carboxylic acids is 3. The topological polar surface area (TPSA) is 239 Å². The van der Waals surface area contributed by atoms with E-state index in [0.717, 1.165) is 82.4 Å². The minimum Gasteiger partial charge on any atom is -0.382 e. The van der Waals surface area contributed by atoms with Crippen molar-refractivity contribution in [3.8, 4) is 0 Å². The summed E-state index contributed by atoms with van der Waals surface area (Å²) in [6.07, 6.45) is 6.78. The van der Waals surface area contributed by atoms with E-state index in [9.17, 15) is 19.2 Å². The van der Waals surface area contributed by atoms with E-state index in [-0.39, 0.29) is 42.3 Å². The van der Waals surface area contributed by atoms with Gasteiger partial charge in [-0.15, -0.1) is 0 Å². The van der Waals surface area contributed by atoms with E-state index in [4.69, 9.17) is 11.5 Å². The molecule has 3 amide bonds. The molecule has 0 bridgehead atoms. The van der Waals surface area contributed by atoms with Gasteiger partial charge in [0, 0.05) is 31.0 Å². The Bertz CT molecular complexity index is 1580. The molecule has 1 aromatic carbocycles. The lowest BCUT2D eigenvalue weighted by atomic mass is 10.1. The number of benzene rings is 1. The lowest BCUT2D eigenvalue weighted by Crippen LogP contribution is -2.43. The second-order valence-electron chi connectivity index (χ2n) is 12.5. The van der Waals surface area contributed by atoms with Crippen LogP contribution in [-0.4, -0.2) is 107 Å². The van der Waals surface area contributed by atoms with Crippen molar-refractivity contribution >= 4 is 52.4 Å². The summed E-state index contributed by atoms with van der Waals surface area (Å²) in [7, 11) is 0. The molecule has 0 saturated heterocycles. The molecular weight excluding hydrogens is 685 g/mol. The van der Waals surface area contributed by atoms with Crippen molar-refractivity contribution in [1.29, 1.82) is 0 Å². The number of nitrogens with one attached hydrogen (secondary N) is 7. The maximum absolute atomic E-state index is 12.7. The number of nitrogens with zero attached hydrogens (tertiary/aromatic N) is 3. The van der Waals surface area contributed by atoms with Crippen LogP contribution < -0.4 is 49.1 Å². The molecule has 2 aromatic heterocycles. The molecule has 3 aromatic rings. The van der Waals surface area contributed by atoms with Gasteiger partial charge in [0.1, 0.15) is 5.52 Å². The van der Waals surface area contributed by atoms with E-state index in [1.54, 1.807) is 36.0 Å². The first-order valence-electron chi connectivity index (χ1n) is 18.4. The summed E-state index contributed by atoms with van der Waals surface area (Å²) >= 11 is 1.71. The smallest absolute Gasteiger partial charge is 0.328 e. The highest BCUT2D eigenvalue weighted by molar-refractivity contribution is 7.99. The van der Waals surface area contributed by atoms with E-state index >= 15 is 0 Å². The Labute approximate surface area is 310 Å². The number of thioether (sulfide) groups is 1. The largest absolute Gasteiger partial charge is 0.382 e. The zero-order valence-electron chi connectivity index (χ0n) is 30.7. The fourth-order valence-corrected chi connectivity index (χ4v) is 5.96. The highest BCUT2D eigenvalue weighted by atomic mass is 32.2. The van der Waals surface area contributed by atoms with Gasteiger partial charge in [-0.2, -0.15) is 21.7 Å². The fourth-order valence-electron chi connectivity index (χ4n) is 5.10. The molecular formula is C35H58N12O4S. The van der Waals surface area contributed by atoms with E-state index in [2.05, 4.69) is 60.7 Å². The molecule has 0 spiro atoms. The molecule has 0 aliphatic heterocycles. The molecule has 0 aliphatic carbocycles. The molecule has 16 nitrogen and oxygen atoms in total. The summed E-state index contributed by atoms with van der Waals surface area (Å²) in [5.74, 6) is 1.54. The first-order chi connectivity index (χ1) is 25.2. The number of anilines is 2. The van der Waals surface area contributed by atoms with Crippen LogP contribution in [0.25, 0.3) is 11.2 Å². The molecule has 2 heterocycles.